The SMILES string of the molecule is CN(C)C(=O)c1ccnc(C=O)c1OC1CC1. The number of hydrogen-bond donors (Lipinski definition) is 0. The third kappa shape index (κ3) is 2.43. The molecular weight excluding hydrogens is 220 g/mol. The summed E-state index contributed by atoms with van der Waals surface area (Å²) in [5.74, 6) is 0.120. The fourth-order valence-corrected chi connectivity index (χ4v) is 1.43. The molecule has 1 fully saturated rings. The lowest BCUT2D eigenvalue weighted by atomic mass is 10.2. The molecule has 1 aromatic rings. The van der Waals surface area contributed by atoms with Crippen molar-refractivity contribution in [1.82, 2.24) is 9.88 Å². The summed E-state index contributed by atoms with van der Waals surface area (Å²) in [6.07, 6.45) is 4.10. The van der Waals surface area contributed by atoms with Crippen molar-refractivity contribution in [1.29, 1.82) is 0 Å². The van der Waals surface area contributed by atoms with E-state index in [1.54, 1.807) is 20.2 Å². The van der Waals surface area contributed by atoms with Gasteiger partial charge in [-0.05, 0) is 18.9 Å². The van der Waals surface area contributed by atoms with Crippen LogP contribution in [0.25, 0.3) is 0 Å². The molecule has 0 aromatic carbocycles. The van der Waals surface area contributed by atoms with Crippen LogP contribution in [0.15, 0.2) is 12.3 Å². The summed E-state index contributed by atoms with van der Waals surface area (Å²) in [4.78, 5) is 28.2. The standard InChI is InChI=1S/C12H14N2O3/c1-14(2)12(16)9-5-6-13-10(7-15)11(9)17-8-3-4-8/h5-8H,3-4H2,1-2H3. The lowest BCUT2D eigenvalue weighted by Crippen LogP contribution is -2.23. The highest BCUT2D eigenvalue weighted by atomic mass is 16.5. The van der Waals surface area contributed by atoms with Gasteiger partial charge in [-0.1, -0.05) is 0 Å². The van der Waals surface area contributed by atoms with Gasteiger partial charge in [0.1, 0.15) is 5.69 Å². The van der Waals surface area contributed by atoms with Crippen LogP contribution in [-0.4, -0.2) is 42.3 Å². The Balaban J connectivity index is 2.41. The fraction of sp³-hybridized carbons (Fsp3) is 0.417. The lowest BCUT2D eigenvalue weighted by molar-refractivity contribution is 0.0822. The van der Waals surface area contributed by atoms with Gasteiger partial charge in [0.25, 0.3) is 5.91 Å². The predicted molar refractivity (Wildman–Crippen MR) is 61.3 cm³/mol. The number of aromatic nitrogens is 1. The summed E-state index contributed by atoms with van der Waals surface area (Å²) in [7, 11) is 3.31. The van der Waals surface area contributed by atoms with E-state index in [-0.39, 0.29) is 17.7 Å². The van der Waals surface area contributed by atoms with Gasteiger partial charge in [0, 0.05) is 20.3 Å². The Labute approximate surface area is 99.4 Å². The first-order chi connectivity index (χ1) is 8.13. The Morgan fingerprint density at radius 1 is 1.53 bits per heavy atom. The summed E-state index contributed by atoms with van der Waals surface area (Å²) in [5, 5.41) is 0. The smallest absolute Gasteiger partial charge is 0.257 e. The number of amides is 1. The normalized spacial score (nSPS) is 14.2. The molecule has 0 atom stereocenters. The van der Waals surface area contributed by atoms with Crippen LogP contribution in [0.3, 0.4) is 0 Å². The van der Waals surface area contributed by atoms with Crippen LogP contribution in [0.4, 0.5) is 0 Å². The number of aldehydes is 1. The zero-order valence-corrected chi connectivity index (χ0v) is 9.84. The summed E-state index contributed by atoms with van der Waals surface area (Å²) >= 11 is 0. The molecule has 1 aliphatic rings. The maximum absolute atomic E-state index is 11.9. The molecule has 0 unspecified atom stereocenters. The van der Waals surface area contributed by atoms with Crippen molar-refractivity contribution in [3.05, 3.63) is 23.5 Å². The zero-order valence-electron chi connectivity index (χ0n) is 9.84. The molecular formula is C12H14N2O3. The quantitative estimate of drug-likeness (QED) is 0.733. The van der Waals surface area contributed by atoms with Crippen LogP contribution < -0.4 is 4.74 Å². The van der Waals surface area contributed by atoms with Gasteiger partial charge in [0.05, 0.1) is 11.7 Å². The van der Waals surface area contributed by atoms with Crippen molar-refractivity contribution >= 4 is 12.2 Å². The van der Waals surface area contributed by atoms with E-state index < -0.39 is 0 Å². The molecule has 17 heavy (non-hydrogen) atoms. The van der Waals surface area contributed by atoms with Gasteiger partial charge < -0.3 is 9.64 Å². The van der Waals surface area contributed by atoms with Crippen molar-refractivity contribution in [2.75, 3.05) is 14.1 Å². The highest BCUT2D eigenvalue weighted by Gasteiger charge is 2.28. The molecule has 1 aliphatic carbocycles. The van der Waals surface area contributed by atoms with E-state index in [1.807, 2.05) is 0 Å². The highest BCUT2D eigenvalue weighted by Crippen LogP contribution is 2.30. The summed E-state index contributed by atoms with van der Waals surface area (Å²) < 4.78 is 5.61. The number of hydrogen-bond acceptors (Lipinski definition) is 4. The number of carbonyl (C=O) groups excluding carboxylic acids is 2. The number of nitrogens with zero attached hydrogens (tertiary/aromatic N) is 2. The first-order valence-electron chi connectivity index (χ1n) is 5.46. The van der Waals surface area contributed by atoms with Crippen LogP contribution in [0.2, 0.25) is 0 Å². The molecule has 1 amide bonds. The maximum atomic E-state index is 11.9. The van der Waals surface area contributed by atoms with Gasteiger partial charge in [-0.25, -0.2) is 4.98 Å². The zero-order chi connectivity index (χ0) is 12.4. The Kier molecular flexibility index (Phi) is 3.08. The first-order valence-corrected chi connectivity index (χ1v) is 5.46. The second kappa shape index (κ2) is 4.53. The molecule has 2 rings (SSSR count). The van der Waals surface area contributed by atoms with Crippen molar-refractivity contribution in [3.8, 4) is 5.75 Å². The van der Waals surface area contributed by atoms with E-state index in [4.69, 9.17) is 4.74 Å². The van der Waals surface area contributed by atoms with E-state index >= 15 is 0 Å². The van der Waals surface area contributed by atoms with E-state index in [0.29, 0.717) is 17.6 Å². The first kappa shape index (κ1) is 11.6. The summed E-state index contributed by atoms with van der Waals surface area (Å²) in [6, 6.07) is 1.58. The molecule has 5 nitrogen and oxygen atoms in total. The van der Waals surface area contributed by atoms with E-state index in [2.05, 4.69) is 4.98 Å². The fourth-order valence-electron chi connectivity index (χ4n) is 1.43. The Morgan fingerprint density at radius 3 is 2.76 bits per heavy atom. The van der Waals surface area contributed by atoms with Gasteiger partial charge in [-0.15, -0.1) is 0 Å². The minimum absolute atomic E-state index is 0.117. The predicted octanol–water partition coefficient (Wildman–Crippen LogP) is 1.14. The highest BCUT2D eigenvalue weighted by molar-refractivity contribution is 5.98. The Bertz CT molecular complexity index is 453. The molecule has 0 N–H and O–H groups in total. The molecule has 5 heteroatoms. The third-order valence-corrected chi connectivity index (χ3v) is 2.49. The van der Waals surface area contributed by atoms with Crippen molar-refractivity contribution < 1.29 is 14.3 Å². The average molecular weight is 234 g/mol. The molecule has 1 aromatic heterocycles. The lowest BCUT2D eigenvalue weighted by Gasteiger charge is -2.15. The number of rotatable bonds is 4. The van der Waals surface area contributed by atoms with Gasteiger partial charge in [0.15, 0.2) is 12.0 Å². The van der Waals surface area contributed by atoms with Crippen molar-refractivity contribution in [2.45, 2.75) is 18.9 Å². The topological polar surface area (TPSA) is 59.5 Å². The second-order valence-electron chi connectivity index (χ2n) is 4.21. The number of pyridine rings is 1. The van der Waals surface area contributed by atoms with E-state index in [9.17, 15) is 9.59 Å². The van der Waals surface area contributed by atoms with Gasteiger partial charge in [-0.2, -0.15) is 0 Å². The third-order valence-electron chi connectivity index (χ3n) is 2.49. The maximum Gasteiger partial charge on any atom is 0.257 e. The molecule has 90 valence electrons. The minimum atomic E-state index is -0.189. The Morgan fingerprint density at radius 2 is 2.24 bits per heavy atom. The average Bonchev–Trinajstić information content (AvgIpc) is 3.12. The molecule has 0 radical (unpaired) electrons. The molecule has 0 spiro atoms. The van der Waals surface area contributed by atoms with Crippen LogP contribution in [0, 0.1) is 0 Å². The Hall–Kier alpha value is -1.91. The molecule has 1 saturated carbocycles. The van der Waals surface area contributed by atoms with Gasteiger partial charge in [-0.3, -0.25) is 9.59 Å². The number of carbonyl (C=O) groups is 2. The van der Waals surface area contributed by atoms with Gasteiger partial charge >= 0.3 is 0 Å². The van der Waals surface area contributed by atoms with E-state index in [0.717, 1.165) is 12.8 Å². The monoisotopic (exact) mass is 234 g/mol. The van der Waals surface area contributed by atoms with Crippen LogP contribution in [0.1, 0.15) is 33.7 Å². The molecule has 0 aliphatic heterocycles. The molecule has 0 bridgehead atoms. The largest absolute Gasteiger partial charge is 0.487 e. The summed E-state index contributed by atoms with van der Waals surface area (Å²) in [5.41, 5.74) is 0.573. The number of ether oxygens (including phenoxy) is 1. The van der Waals surface area contributed by atoms with Gasteiger partial charge in [0.2, 0.25) is 0 Å². The molecule has 1 heterocycles. The van der Waals surface area contributed by atoms with E-state index in [1.165, 1.54) is 11.1 Å². The van der Waals surface area contributed by atoms with Crippen molar-refractivity contribution in [3.63, 3.8) is 0 Å². The van der Waals surface area contributed by atoms with Crippen LogP contribution in [-0.2, 0) is 0 Å². The van der Waals surface area contributed by atoms with Crippen LogP contribution >= 0.6 is 0 Å². The van der Waals surface area contributed by atoms with Crippen molar-refractivity contribution in [2.24, 2.45) is 0 Å². The summed E-state index contributed by atoms with van der Waals surface area (Å²) in [6.45, 7) is 0. The minimum Gasteiger partial charge on any atom is -0.487 e. The second-order valence-corrected chi connectivity index (χ2v) is 4.21. The molecule has 0 saturated heterocycles. The van der Waals surface area contributed by atoms with Crippen LogP contribution in [0.5, 0.6) is 5.75 Å².